The molecule has 0 bridgehead atoms. The van der Waals surface area contributed by atoms with Gasteiger partial charge in [-0.2, -0.15) is 0 Å². The van der Waals surface area contributed by atoms with E-state index in [0.29, 0.717) is 24.0 Å². The van der Waals surface area contributed by atoms with E-state index in [2.05, 4.69) is 19.2 Å². The predicted molar refractivity (Wildman–Crippen MR) is 85.5 cm³/mol. The van der Waals surface area contributed by atoms with E-state index in [1.54, 1.807) is 17.0 Å². The number of nitrogens with one attached hydrogen (secondary N) is 1. The Morgan fingerprint density at radius 3 is 2.74 bits per heavy atom. The molecule has 2 aliphatic rings. The van der Waals surface area contributed by atoms with E-state index in [4.69, 9.17) is 9.47 Å². The molecular weight excluding hydrogens is 296 g/mol. The van der Waals surface area contributed by atoms with Crippen LogP contribution < -0.4 is 19.7 Å². The Labute approximate surface area is 135 Å². The molecule has 0 aromatic heterocycles. The fourth-order valence-electron chi connectivity index (χ4n) is 2.69. The van der Waals surface area contributed by atoms with Crippen LogP contribution in [0.5, 0.6) is 11.5 Å². The zero-order chi connectivity index (χ0) is 16.6. The van der Waals surface area contributed by atoms with Gasteiger partial charge in [0.25, 0.3) is 0 Å². The number of ether oxygens (including phenoxy) is 2. The minimum Gasteiger partial charge on any atom is -0.454 e. The summed E-state index contributed by atoms with van der Waals surface area (Å²) in [5.41, 5.74) is 0.742. The third-order valence-corrected chi connectivity index (χ3v) is 4.53. The Morgan fingerprint density at radius 1 is 1.26 bits per heavy atom. The van der Waals surface area contributed by atoms with Crippen molar-refractivity contribution in [2.75, 3.05) is 18.2 Å². The van der Waals surface area contributed by atoms with Gasteiger partial charge in [-0.3, -0.25) is 9.59 Å². The highest BCUT2D eigenvalue weighted by atomic mass is 16.7. The number of anilines is 1. The molecule has 3 rings (SSSR count). The average molecular weight is 318 g/mol. The highest BCUT2D eigenvalue weighted by Gasteiger charge is 2.36. The molecule has 0 spiro atoms. The molecule has 2 aliphatic heterocycles. The normalized spacial score (nSPS) is 21.0. The number of carbonyl (C=O) groups excluding carboxylic acids is 2. The molecule has 2 atom stereocenters. The number of fused-ring (bicyclic) bond motifs is 1. The van der Waals surface area contributed by atoms with Gasteiger partial charge in [-0.25, -0.2) is 0 Å². The first-order chi connectivity index (χ1) is 11.0. The summed E-state index contributed by atoms with van der Waals surface area (Å²) in [6, 6.07) is 5.50. The molecule has 0 radical (unpaired) electrons. The van der Waals surface area contributed by atoms with Gasteiger partial charge in [-0.15, -0.1) is 0 Å². The molecule has 23 heavy (non-hydrogen) atoms. The summed E-state index contributed by atoms with van der Waals surface area (Å²) in [5, 5.41) is 2.99. The first-order valence-electron chi connectivity index (χ1n) is 7.96. The van der Waals surface area contributed by atoms with E-state index in [1.807, 2.05) is 13.0 Å². The maximum absolute atomic E-state index is 12.3. The van der Waals surface area contributed by atoms with Crippen LogP contribution in [0.1, 0.15) is 27.2 Å². The maximum Gasteiger partial charge on any atom is 0.231 e. The minimum atomic E-state index is -0.311. The van der Waals surface area contributed by atoms with Crippen molar-refractivity contribution in [2.24, 2.45) is 11.8 Å². The summed E-state index contributed by atoms with van der Waals surface area (Å²) in [7, 11) is 0. The highest BCUT2D eigenvalue weighted by Crippen LogP contribution is 2.37. The lowest BCUT2D eigenvalue weighted by molar-refractivity contribution is -0.127. The summed E-state index contributed by atoms with van der Waals surface area (Å²) in [6.07, 6.45) is 0.241. The molecule has 1 saturated heterocycles. The second-order valence-corrected chi connectivity index (χ2v) is 6.48. The molecule has 2 heterocycles. The van der Waals surface area contributed by atoms with Crippen molar-refractivity contribution >= 4 is 17.5 Å². The molecule has 2 amide bonds. The van der Waals surface area contributed by atoms with Crippen LogP contribution in [-0.2, 0) is 9.59 Å². The molecule has 1 aromatic rings. The number of carbonyl (C=O) groups is 2. The molecule has 0 saturated carbocycles. The molecule has 1 aromatic carbocycles. The van der Waals surface area contributed by atoms with E-state index in [0.717, 1.165) is 5.69 Å². The second kappa shape index (κ2) is 6.10. The summed E-state index contributed by atoms with van der Waals surface area (Å²) in [5.74, 6) is 1.27. The Balaban J connectivity index is 1.69. The van der Waals surface area contributed by atoms with Gasteiger partial charge in [-0.05, 0) is 25.0 Å². The largest absolute Gasteiger partial charge is 0.454 e. The molecule has 0 unspecified atom stereocenters. The third kappa shape index (κ3) is 3.11. The molecule has 124 valence electrons. The summed E-state index contributed by atoms with van der Waals surface area (Å²) in [6.45, 7) is 6.70. The number of hydrogen-bond acceptors (Lipinski definition) is 4. The fraction of sp³-hybridized carbons (Fsp3) is 0.529. The summed E-state index contributed by atoms with van der Waals surface area (Å²) in [4.78, 5) is 26.3. The van der Waals surface area contributed by atoms with Gasteiger partial charge in [0.2, 0.25) is 18.6 Å². The minimum absolute atomic E-state index is 0.0405. The summed E-state index contributed by atoms with van der Waals surface area (Å²) < 4.78 is 10.6. The Kier molecular flexibility index (Phi) is 4.15. The Hall–Kier alpha value is -2.24. The van der Waals surface area contributed by atoms with Crippen LogP contribution in [0.25, 0.3) is 0 Å². The van der Waals surface area contributed by atoms with Gasteiger partial charge < -0.3 is 19.7 Å². The van der Waals surface area contributed by atoms with Crippen molar-refractivity contribution in [2.45, 2.75) is 33.2 Å². The number of amides is 2. The van der Waals surface area contributed by atoms with Crippen LogP contribution >= 0.6 is 0 Å². The SMILES string of the molecule is CC(C)[C@H](C)NC(=O)[C@H]1CC(=O)N(c2ccc3c(c2)OCO3)C1. The molecule has 1 fully saturated rings. The maximum atomic E-state index is 12.3. The molecule has 0 aliphatic carbocycles. The van der Waals surface area contributed by atoms with Crippen LogP contribution in [0, 0.1) is 11.8 Å². The first-order valence-corrected chi connectivity index (χ1v) is 7.96. The Morgan fingerprint density at radius 2 is 2.00 bits per heavy atom. The van der Waals surface area contributed by atoms with E-state index >= 15 is 0 Å². The van der Waals surface area contributed by atoms with Gasteiger partial charge in [0.1, 0.15) is 0 Å². The average Bonchev–Trinajstić information content (AvgIpc) is 3.12. The van der Waals surface area contributed by atoms with Gasteiger partial charge in [0, 0.05) is 30.8 Å². The quantitative estimate of drug-likeness (QED) is 0.921. The van der Waals surface area contributed by atoms with E-state index in [-0.39, 0.29) is 37.0 Å². The predicted octanol–water partition coefficient (Wildman–Crippen LogP) is 1.93. The molecule has 1 N–H and O–H groups in total. The van der Waals surface area contributed by atoms with Crippen LogP contribution in [0.15, 0.2) is 18.2 Å². The van der Waals surface area contributed by atoms with E-state index < -0.39 is 0 Å². The van der Waals surface area contributed by atoms with Gasteiger partial charge in [0.05, 0.1) is 5.92 Å². The zero-order valence-electron chi connectivity index (χ0n) is 13.7. The second-order valence-electron chi connectivity index (χ2n) is 6.48. The lowest BCUT2D eigenvalue weighted by Gasteiger charge is -2.20. The molecular formula is C17H22N2O4. The molecule has 6 heteroatoms. The topological polar surface area (TPSA) is 67.9 Å². The standard InChI is InChI=1S/C17H22N2O4/c1-10(2)11(3)18-17(21)12-6-16(20)19(8-12)13-4-5-14-15(7-13)23-9-22-14/h4-5,7,10-12H,6,8-9H2,1-3H3,(H,18,21)/t11-,12-/m0/s1. The van der Waals surface area contributed by atoms with Gasteiger partial charge in [0.15, 0.2) is 11.5 Å². The Bertz CT molecular complexity index is 629. The van der Waals surface area contributed by atoms with E-state index in [9.17, 15) is 9.59 Å². The first kappa shape index (κ1) is 15.6. The zero-order valence-corrected chi connectivity index (χ0v) is 13.7. The van der Waals surface area contributed by atoms with Crippen LogP contribution in [0.3, 0.4) is 0 Å². The van der Waals surface area contributed by atoms with E-state index in [1.165, 1.54) is 0 Å². The number of rotatable bonds is 4. The smallest absolute Gasteiger partial charge is 0.231 e. The number of hydrogen-bond donors (Lipinski definition) is 1. The van der Waals surface area contributed by atoms with Crippen molar-refractivity contribution in [3.63, 3.8) is 0 Å². The van der Waals surface area contributed by atoms with Crippen molar-refractivity contribution in [1.29, 1.82) is 0 Å². The van der Waals surface area contributed by atoms with Crippen molar-refractivity contribution in [3.8, 4) is 11.5 Å². The van der Waals surface area contributed by atoms with Crippen molar-refractivity contribution < 1.29 is 19.1 Å². The molecule has 6 nitrogen and oxygen atoms in total. The van der Waals surface area contributed by atoms with Crippen molar-refractivity contribution in [3.05, 3.63) is 18.2 Å². The number of benzene rings is 1. The lowest BCUT2D eigenvalue weighted by Crippen LogP contribution is -2.40. The fourth-order valence-corrected chi connectivity index (χ4v) is 2.69. The van der Waals surface area contributed by atoms with Crippen LogP contribution in [-0.4, -0.2) is 31.2 Å². The lowest BCUT2D eigenvalue weighted by atomic mass is 10.0. The van der Waals surface area contributed by atoms with Crippen molar-refractivity contribution in [1.82, 2.24) is 5.32 Å². The van der Waals surface area contributed by atoms with Gasteiger partial charge in [-0.1, -0.05) is 13.8 Å². The van der Waals surface area contributed by atoms with Crippen LogP contribution in [0.2, 0.25) is 0 Å². The highest BCUT2D eigenvalue weighted by molar-refractivity contribution is 6.00. The number of nitrogens with zero attached hydrogens (tertiary/aromatic N) is 1. The van der Waals surface area contributed by atoms with Crippen LogP contribution in [0.4, 0.5) is 5.69 Å². The third-order valence-electron chi connectivity index (χ3n) is 4.53. The monoisotopic (exact) mass is 318 g/mol. The summed E-state index contributed by atoms with van der Waals surface area (Å²) >= 11 is 0. The van der Waals surface area contributed by atoms with Gasteiger partial charge >= 0.3 is 0 Å².